The molecule has 0 unspecified atom stereocenters. The summed E-state index contributed by atoms with van der Waals surface area (Å²) in [6.45, 7) is 6.12. The SMILES string of the molecule is CC(C)[C@@H]1CC[C@H](C)C[C@H]1OC(=O)COC(=O)c1ccc2ccccc2n1. The van der Waals surface area contributed by atoms with Crippen LogP contribution in [0.4, 0.5) is 0 Å². The lowest BCUT2D eigenvalue weighted by molar-refractivity contribution is -0.159. The third-order valence-electron chi connectivity index (χ3n) is 5.37. The smallest absolute Gasteiger partial charge is 0.357 e. The summed E-state index contributed by atoms with van der Waals surface area (Å²) in [5.41, 5.74) is 0.901. The van der Waals surface area contributed by atoms with Crippen LogP contribution in [0.25, 0.3) is 10.9 Å². The van der Waals surface area contributed by atoms with E-state index in [-0.39, 0.29) is 18.4 Å². The van der Waals surface area contributed by atoms with Crippen molar-refractivity contribution in [2.45, 2.75) is 46.1 Å². The van der Waals surface area contributed by atoms with Gasteiger partial charge >= 0.3 is 11.9 Å². The standard InChI is InChI=1S/C22H27NO4/c1-14(2)17-10-8-15(3)12-20(17)27-21(24)13-26-22(25)19-11-9-16-6-4-5-7-18(16)23-19/h4-7,9,11,14-15,17,20H,8,10,12-13H2,1-3H3/t15-,17-,20+/m0/s1. The normalized spacial score (nSPS) is 22.6. The minimum absolute atomic E-state index is 0.0984. The largest absolute Gasteiger partial charge is 0.460 e. The molecular formula is C22H27NO4. The zero-order valence-corrected chi connectivity index (χ0v) is 16.2. The first-order chi connectivity index (χ1) is 12.9. The molecule has 2 aromatic rings. The predicted molar refractivity (Wildman–Crippen MR) is 103 cm³/mol. The van der Waals surface area contributed by atoms with Gasteiger partial charge in [0, 0.05) is 5.39 Å². The first kappa shape index (κ1) is 19.3. The van der Waals surface area contributed by atoms with Crippen molar-refractivity contribution >= 4 is 22.8 Å². The summed E-state index contributed by atoms with van der Waals surface area (Å²) in [6.07, 6.45) is 3.00. The number of benzene rings is 1. The van der Waals surface area contributed by atoms with E-state index in [1.807, 2.05) is 30.3 Å². The van der Waals surface area contributed by atoms with Crippen LogP contribution in [0.1, 0.15) is 50.5 Å². The van der Waals surface area contributed by atoms with Gasteiger partial charge in [-0.15, -0.1) is 0 Å². The second-order valence-corrected chi connectivity index (χ2v) is 7.82. The Hall–Kier alpha value is -2.43. The molecular weight excluding hydrogens is 342 g/mol. The quantitative estimate of drug-likeness (QED) is 0.731. The first-order valence-corrected chi connectivity index (χ1v) is 9.66. The molecule has 3 atom stereocenters. The van der Waals surface area contributed by atoms with Crippen molar-refractivity contribution in [3.63, 3.8) is 0 Å². The van der Waals surface area contributed by atoms with Crippen LogP contribution in [0.2, 0.25) is 0 Å². The molecule has 0 bridgehead atoms. The van der Waals surface area contributed by atoms with Gasteiger partial charge in [0.2, 0.25) is 0 Å². The van der Waals surface area contributed by atoms with Gasteiger partial charge in [0.25, 0.3) is 0 Å². The van der Waals surface area contributed by atoms with E-state index in [9.17, 15) is 9.59 Å². The number of para-hydroxylation sites is 1. The third-order valence-corrected chi connectivity index (χ3v) is 5.37. The molecule has 0 aliphatic heterocycles. The molecule has 0 saturated heterocycles. The molecule has 1 saturated carbocycles. The van der Waals surface area contributed by atoms with Crippen LogP contribution in [0.5, 0.6) is 0 Å². The number of pyridine rings is 1. The van der Waals surface area contributed by atoms with E-state index in [4.69, 9.17) is 9.47 Å². The lowest BCUT2D eigenvalue weighted by Gasteiger charge is -2.36. The Labute approximate surface area is 160 Å². The van der Waals surface area contributed by atoms with Gasteiger partial charge in [0.15, 0.2) is 6.61 Å². The van der Waals surface area contributed by atoms with Gasteiger partial charge in [-0.25, -0.2) is 14.6 Å². The van der Waals surface area contributed by atoms with E-state index in [1.54, 1.807) is 6.07 Å². The lowest BCUT2D eigenvalue weighted by Crippen LogP contribution is -2.36. The monoisotopic (exact) mass is 369 g/mol. The maximum atomic E-state index is 12.2. The van der Waals surface area contributed by atoms with Gasteiger partial charge < -0.3 is 9.47 Å². The molecule has 3 rings (SSSR count). The van der Waals surface area contributed by atoms with Crippen LogP contribution < -0.4 is 0 Å². The molecule has 1 aromatic carbocycles. The number of hydrogen-bond acceptors (Lipinski definition) is 5. The predicted octanol–water partition coefficient (Wildman–Crippen LogP) is 4.40. The van der Waals surface area contributed by atoms with E-state index in [1.165, 1.54) is 6.42 Å². The van der Waals surface area contributed by atoms with Crippen molar-refractivity contribution in [1.29, 1.82) is 0 Å². The number of carbonyl (C=O) groups excluding carboxylic acids is 2. The third kappa shape index (κ3) is 4.85. The minimum atomic E-state index is -0.616. The molecule has 5 heteroatoms. The second kappa shape index (κ2) is 8.51. The molecule has 1 aromatic heterocycles. The number of carbonyl (C=O) groups is 2. The molecule has 0 radical (unpaired) electrons. The number of esters is 2. The minimum Gasteiger partial charge on any atom is -0.460 e. The van der Waals surface area contributed by atoms with Crippen LogP contribution in [0, 0.1) is 17.8 Å². The molecule has 1 aliphatic carbocycles. The highest BCUT2D eigenvalue weighted by atomic mass is 16.6. The number of aromatic nitrogens is 1. The number of rotatable bonds is 5. The Morgan fingerprint density at radius 3 is 2.70 bits per heavy atom. The van der Waals surface area contributed by atoms with Crippen molar-refractivity contribution in [3.8, 4) is 0 Å². The van der Waals surface area contributed by atoms with Crippen LogP contribution in [-0.4, -0.2) is 29.6 Å². The van der Waals surface area contributed by atoms with Crippen LogP contribution in [0.3, 0.4) is 0 Å². The molecule has 1 aliphatic rings. The van der Waals surface area contributed by atoms with Gasteiger partial charge in [-0.05, 0) is 42.7 Å². The maximum absolute atomic E-state index is 12.2. The number of hydrogen-bond donors (Lipinski definition) is 0. The average Bonchev–Trinajstić information content (AvgIpc) is 2.65. The van der Waals surface area contributed by atoms with Crippen LogP contribution in [0.15, 0.2) is 36.4 Å². The fourth-order valence-electron chi connectivity index (χ4n) is 3.83. The van der Waals surface area contributed by atoms with Gasteiger partial charge in [0.05, 0.1) is 5.52 Å². The van der Waals surface area contributed by atoms with Crippen molar-refractivity contribution < 1.29 is 19.1 Å². The van der Waals surface area contributed by atoms with Gasteiger partial charge in [-0.1, -0.05) is 51.5 Å². The van der Waals surface area contributed by atoms with E-state index < -0.39 is 11.9 Å². The number of nitrogens with zero attached hydrogens (tertiary/aromatic N) is 1. The number of ether oxygens (including phenoxy) is 2. The first-order valence-electron chi connectivity index (χ1n) is 9.66. The van der Waals surface area contributed by atoms with Crippen LogP contribution >= 0.6 is 0 Å². The molecule has 144 valence electrons. The van der Waals surface area contributed by atoms with Crippen LogP contribution in [-0.2, 0) is 14.3 Å². The Morgan fingerprint density at radius 1 is 1.15 bits per heavy atom. The van der Waals surface area contributed by atoms with E-state index in [2.05, 4.69) is 25.8 Å². The fourth-order valence-corrected chi connectivity index (χ4v) is 3.83. The van der Waals surface area contributed by atoms with Crippen molar-refractivity contribution in [1.82, 2.24) is 4.98 Å². The van der Waals surface area contributed by atoms with E-state index >= 15 is 0 Å². The molecule has 0 N–H and O–H groups in total. The molecule has 1 heterocycles. The van der Waals surface area contributed by atoms with E-state index in [0.717, 1.165) is 18.2 Å². The molecule has 0 spiro atoms. The zero-order valence-electron chi connectivity index (χ0n) is 16.2. The Balaban J connectivity index is 1.56. The summed E-state index contributed by atoms with van der Waals surface area (Å²) in [5.74, 6) is 0.258. The highest BCUT2D eigenvalue weighted by Crippen LogP contribution is 2.35. The highest BCUT2D eigenvalue weighted by molar-refractivity contribution is 5.92. The molecule has 1 fully saturated rings. The lowest BCUT2D eigenvalue weighted by atomic mass is 9.75. The van der Waals surface area contributed by atoms with Crippen molar-refractivity contribution in [2.75, 3.05) is 6.61 Å². The molecule has 0 amide bonds. The van der Waals surface area contributed by atoms with Gasteiger partial charge in [-0.3, -0.25) is 0 Å². The summed E-state index contributed by atoms with van der Waals surface area (Å²) in [6, 6.07) is 10.9. The highest BCUT2D eigenvalue weighted by Gasteiger charge is 2.33. The number of fused-ring (bicyclic) bond motifs is 1. The fraction of sp³-hybridized carbons (Fsp3) is 0.500. The zero-order chi connectivity index (χ0) is 19.4. The van der Waals surface area contributed by atoms with Crippen molar-refractivity contribution in [2.24, 2.45) is 17.8 Å². The summed E-state index contributed by atoms with van der Waals surface area (Å²) in [7, 11) is 0. The average molecular weight is 369 g/mol. The Morgan fingerprint density at radius 2 is 1.93 bits per heavy atom. The van der Waals surface area contributed by atoms with Crippen molar-refractivity contribution in [3.05, 3.63) is 42.1 Å². The second-order valence-electron chi connectivity index (χ2n) is 7.82. The summed E-state index contributed by atoms with van der Waals surface area (Å²) < 4.78 is 10.8. The molecule has 27 heavy (non-hydrogen) atoms. The van der Waals surface area contributed by atoms with Gasteiger partial charge in [-0.2, -0.15) is 0 Å². The summed E-state index contributed by atoms with van der Waals surface area (Å²) in [4.78, 5) is 28.7. The van der Waals surface area contributed by atoms with E-state index in [0.29, 0.717) is 23.3 Å². The Bertz CT molecular complexity index is 817. The Kier molecular flexibility index (Phi) is 6.09. The topological polar surface area (TPSA) is 65.5 Å². The van der Waals surface area contributed by atoms with Gasteiger partial charge in [0.1, 0.15) is 11.8 Å². The molecule has 5 nitrogen and oxygen atoms in total. The maximum Gasteiger partial charge on any atom is 0.357 e. The summed E-state index contributed by atoms with van der Waals surface area (Å²) >= 11 is 0. The summed E-state index contributed by atoms with van der Waals surface area (Å²) in [5, 5.41) is 0.944.